The molecule has 4 aliphatic carbocycles. The molecule has 4 heteroatoms. The molecule has 0 saturated heterocycles. The number of aryl methyl sites for hydroxylation is 2. The van der Waals surface area contributed by atoms with Gasteiger partial charge in [-0.25, -0.2) is 0 Å². The van der Waals surface area contributed by atoms with Crippen LogP contribution >= 0.6 is 0 Å². The molecule has 48 heavy (non-hydrogen) atoms. The molecule has 3 aliphatic heterocycles. The van der Waals surface area contributed by atoms with Crippen molar-refractivity contribution in [1.29, 1.82) is 0 Å². The first-order valence-electron chi connectivity index (χ1n) is 18.7. The van der Waals surface area contributed by atoms with Gasteiger partial charge in [0.05, 0.1) is 23.7 Å². The van der Waals surface area contributed by atoms with Gasteiger partial charge in [-0.3, -0.25) is 4.99 Å². The highest BCUT2D eigenvalue weighted by atomic mass is 15.4. The van der Waals surface area contributed by atoms with Crippen molar-refractivity contribution in [3.8, 4) is 11.1 Å². The van der Waals surface area contributed by atoms with Crippen LogP contribution in [0, 0.1) is 10.8 Å². The molecular formula is C44H48BN3. The van der Waals surface area contributed by atoms with E-state index in [0.717, 1.165) is 25.2 Å². The summed E-state index contributed by atoms with van der Waals surface area (Å²) < 4.78 is 0. The van der Waals surface area contributed by atoms with Crippen LogP contribution in [0.3, 0.4) is 0 Å². The summed E-state index contributed by atoms with van der Waals surface area (Å²) in [6.07, 6.45) is 7.24. The van der Waals surface area contributed by atoms with E-state index in [1.54, 1.807) is 33.3 Å². The smallest absolute Gasteiger partial charge is 0.243 e. The number of hydrogen-bond donors (Lipinski definition) is 0. The summed E-state index contributed by atoms with van der Waals surface area (Å²) in [5, 5.41) is 3.01. The molecule has 7 aliphatic rings. The predicted molar refractivity (Wildman–Crippen MR) is 206 cm³/mol. The Bertz CT molecular complexity index is 2220. The summed E-state index contributed by atoms with van der Waals surface area (Å²) in [5.74, 6) is 0. The highest BCUT2D eigenvalue weighted by Crippen LogP contribution is 2.64. The number of hydrogen-bond acceptors (Lipinski definition) is 3. The van der Waals surface area contributed by atoms with E-state index in [1.807, 2.05) is 13.8 Å². The number of benzene rings is 4. The number of fused-ring (bicyclic) bond motifs is 11. The summed E-state index contributed by atoms with van der Waals surface area (Å²) in [5.41, 5.74) is 21.4. The molecule has 2 unspecified atom stereocenters. The van der Waals surface area contributed by atoms with E-state index in [1.165, 1.54) is 75.7 Å². The monoisotopic (exact) mass is 629 g/mol. The van der Waals surface area contributed by atoms with Crippen LogP contribution in [-0.2, 0) is 23.7 Å². The SMILES string of the molecule is C=Nc1cc2c(cc1N1CN3C4=C(B5c6ccccc6-c6c5c3c3c1ccc1c3c6CC1)C(C)(C)CC4(C)C)C1(C)CCC2(C)C1.CC. The van der Waals surface area contributed by atoms with Gasteiger partial charge < -0.3 is 9.80 Å². The average Bonchev–Trinajstić information content (AvgIpc) is 3.83. The van der Waals surface area contributed by atoms with Gasteiger partial charge in [-0.05, 0) is 124 Å². The lowest BCUT2D eigenvalue weighted by molar-refractivity contribution is 0.318. The second-order valence-electron chi connectivity index (χ2n) is 17.7. The highest BCUT2D eigenvalue weighted by molar-refractivity contribution is 6.97. The Balaban J connectivity index is 0.00000145. The summed E-state index contributed by atoms with van der Waals surface area (Å²) in [4.78, 5) is 10.2. The third-order valence-electron chi connectivity index (χ3n) is 13.9. The van der Waals surface area contributed by atoms with Gasteiger partial charge in [0.2, 0.25) is 6.71 Å². The summed E-state index contributed by atoms with van der Waals surface area (Å²) >= 11 is 0. The molecule has 2 atom stereocenters. The Hall–Kier alpha value is -3.79. The van der Waals surface area contributed by atoms with Crippen molar-refractivity contribution in [2.24, 2.45) is 15.8 Å². The zero-order valence-electron chi connectivity index (χ0n) is 30.2. The van der Waals surface area contributed by atoms with Crippen LogP contribution in [0.5, 0.6) is 0 Å². The van der Waals surface area contributed by atoms with E-state index >= 15 is 0 Å². The first-order valence-corrected chi connectivity index (χ1v) is 18.7. The highest BCUT2D eigenvalue weighted by Gasteiger charge is 2.58. The maximum Gasteiger partial charge on any atom is 0.243 e. The Morgan fingerprint density at radius 2 is 1.50 bits per heavy atom. The second kappa shape index (κ2) is 8.86. The first-order chi connectivity index (χ1) is 23.0. The van der Waals surface area contributed by atoms with Crippen LogP contribution in [0.2, 0.25) is 0 Å². The molecule has 0 spiro atoms. The van der Waals surface area contributed by atoms with Crippen molar-refractivity contribution >= 4 is 57.9 Å². The summed E-state index contributed by atoms with van der Waals surface area (Å²) in [7, 11) is 0. The molecule has 4 aromatic carbocycles. The molecule has 11 rings (SSSR count). The van der Waals surface area contributed by atoms with Crippen LogP contribution in [0.25, 0.3) is 21.9 Å². The lowest BCUT2D eigenvalue weighted by Crippen LogP contribution is -2.54. The Kier molecular flexibility index (Phi) is 5.38. The minimum Gasteiger partial charge on any atom is -0.327 e. The first kappa shape index (κ1) is 29.2. The van der Waals surface area contributed by atoms with E-state index < -0.39 is 0 Å². The zero-order chi connectivity index (χ0) is 33.3. The van der Waals surface area contributed by atoms with Gasteiger partial charge in [-0.15, -0.1) is 0 Å². The van der Waals surface area contributed by atoms with Gasteiger partial charge >= 0.3 is 0 Å². The summed E-state index contributed by atoms with van der Waals surface area (Å²) in [6.45, 7) is 24.4. The molecule has 0 aromatic heterocycles. The minimum atomic E-state index is 0.0683. The number of anilines is 3. The normalized spacial score (nSPS) is 26.5. The topological polar surface area (TPSA) is 18.8 Å². The standard InChI is InChI=1S/C42H42BN3.C2H6/c1-39(2)20-40(3,4)38-37(39)43-28-11-9-8-10-24(28)33-25-14-12-23-13-15-30-34(32(23)25)36(35(33)43)46(38)22-45(30)31-19-27-26(18-29(31)44-7)41(5)16-17-42(27,6)21-41;1-2/h8-11,13,15,18-19H,7,12,14,16-17,20-22H2,1-6H3;1-2H3. The van der Waals surface area contributed by atoms with Crippen LogP contribution in [0.4, 0.5) is 22.7 Å². The van der Waals surface area contributed by atoms with Crippen LogP contribution in [0.15, 0.2) is 64.7 Å². The molecule has 3 heterocycles. The average molecular weight is 630 g/mol. The number of aliphatic imine (C=N–C) groups is 1. The largest absolute Gasteiger partial charge is 0.327 e. The fourth-order valence-electron chi connectivity index (χ4n) is 12.7. The molecular weight excluding hydrogens is 581 g/mol. The Morgan fingerprint density at radius 1 is 0.771 bits per heavy atom. The zero-order valence-corrected chi connectivity index (χ0v) is 30.2. The Morgan fingerprint density at radius 3 is 2.25 bits per heavy atom. The summed E-state index contributed by atoms with van der Waals surface area (Å²) in [6, 6.07) is 19.3. The van der Waals surface area contributed by atoms with Crippen molar-refractivity contribution in [3.63, 3.8) is 0 Å². The molecule has 1 saturated carbocycles. The molecule has 0 radical (unpaired) electrons. The van der Waals surface area contributed by atoms with Gasteiger partial charge in [-0.2, -0.15) is 0 Å². The van der Waals surface area contributed by atoms with Gasteiger partial charge in [0.15, 0.2) is 0 Å². The van der Waals surface area contributed by atoms with E-state index in [-0.39, 0.29) is 21.7 Å². The molecule has 1 fully saturated rings. The molecule has 242 valence electrons. The van der Waals surface area contributed by atoms with Crippen molar-refractivity contribution in [2.45, 2.75) is 105 Å². The third-order valence-corrected chi connectivity index (χ3v) is 13.9. The van der Waals surface area contributed by atoms with Crippen molar-refractivity contribution in [2.75, 3.05) is 16.5 Å². The quantitative estimate of drug-likeness (QED) is 0.162. The van der Waals surface area contributed by atoms with Crippen molar-refractivity contribution in [1.82, 2.24) is 0 Å². The number of rotatable bonds is 2. The fraction of sp³-hybridized carbons (Fsp3) is 0.432. The van der Waals surface area contributed by atoms with E-state index in [4.69, 9.17) is 4.99 Å². The maximum absolute atomic E-state index is 4.77. The van der Waals surface area contributed by atoms with Gasteiger partial charge in [0, 0.05) is 22.2 Å². The lowest BCUT2D eigenvalue weighted by Gasteiger charge is -2.48. The fourth-order valence-corrected chi connectivity index (χ4v) is 12.7. The van der Waals surface area contributed by atoms with Gasteiger partial charge in [-0.1, -0.05) is 96.7 Å². The van der Waals surface area contributed by atoms with Crippen molar-refractivity contribution < 1.29 is 0 Å². The van der Waals surface area contributed by atoms with E-state index in [0.29, 0.717) is 6.71 Å². The molecule has 4 aromatic rings. The third kappa shape index (κ3) is 3.18. The molecule has 3 nitrogen and oxygen atoms in total. The van der Waals surface area contributed by atoms with Crippen molar-refractivity contribution in [3.05, 3.63) is 82.0 Å². The number of nitrogens with zero attached hydrogens (tertiary/aromatic N) is 3. The molecule has 0 amide bonds. The molecule has 2 bridgehead atoms. The number of allylic oxidation sites excluding steroid dienone is 2. The van der Waals surface area contributed by atoms with Crippen LogP contribution in [0.1, 0.15) is 103 Å². The lowest BCUT2D eigenvalue weighted by atomic mass is 9.33. The van der Waals surface area contributed by atoms with Gasteiger partial charge in [0.1, 0.15) is 0 Å². The van der Waals surface area contributed by atoms with E-state index in [2.05, 4.69) is 107 Å². The van der Waals surface area contributed by atoms with E-state index in [9.17, 15) is 0 Å². The van der Waals surface area contributed by atoms with Gasteiger partial charge in [0.25, 0.3) is 0 Å². The predicted octanol–water partition coefficient (Wildman–Crippen LogP) is 9.78. The Labute approximate surface area is 287 Å². The molecule has 0 N–H and O–H groups in total. The van der Waals surface area contributed by atoms with Crippen LogP contribution in [-0.4, -0.2) is 20.1 Å². The minimum absolute atomic E-state index is 0.0683. The van der Waals surface area contributed by atoms with Crippen LogP contribution < -0.4 is 20.7 Å². The second-order valence-corrected chi connectivity index (χ2v) is 17.7. The maximum atomic E-state index is 4.77.